The Labute approximate surface area is 90.1 Å². The van der Waals surface area contributed by atoms with Crippen molar-refractivity contribution >= 4 is 0 Å². The fraction of sp³-hybridized carbons (Fsp3) is 0.500. The van der Waals surface area contributed by atoms with Crippen LogP contribution in [0.15, 0.2) is 28.6 Å². The largest absolute Gasteiger partial charge is 0.501 e. The average molecular weight is 207 g/mol. The van der Waals surface area contributed by atoms with E-state index < -0.39 is 0 Å². The van der Waals surface area contributed by atoms with Crippen molar-refractivity contribution < 1.29 is 9.15 Å². The summed E-state index contributed by atoms with van der Waals surface area (Å²) in [7, 11) is 1.96. The number of ether oxygens (including phenoxy) is 1. The number of hydrogen-bond donors (Lipinski definition) is 1. The predicted molar refractivity (Wildman–Crippen MR) is 58.5 cm³/mol. The molecule has 2 rings (SSSR count). The zero-order valence-electron chi connectivity index (χ0n) is 9.25. The van der Waals surface area contributed by atoms with E-state index in [0.29, 0.717) is 0 Å². The molecule has 1 aromatic heterocycles. The molecule has 82 valence electrons. The van der Waals surface area contributed by atoms with Crippen LogP contribution in [0.25, 0.3) is 0 Å². The van der Waals surface area contributed by atoms with E-state index in [1.165, 1.54) is 11.1 Å². The third kappa shape index (κ3) is 2.07. The van der Waals surface area contributed by atoms with Gasteiger partial charge in [0.25, 0.3) is 0 Å². The first-order chi connectivity index (χ1) is 7.33. The molecule has 1 aliphatic rings. The number of rotatable bonds is 3. The topological polar surface area (TPSA) is 34.4 Å². The van der Waals surface area contributed by atoms with Crippen LogP contribution in [0.1, 0.15) is 30.2 Å². The first-order valence-corrected chi connectivity index (χ1v) is 5.34. The molecule has 1 atom stereocenters. The van der Waals surface area contributed by atoms with Gasteiger partial charge in [-0.2, -0.15) is 0 Å². The molecule has 0 saturated carbocycles. The maximum atomic E-state index is 5.37. The van der Waals surface area contributed by atoms with Crippen molar-refractivity contribution in [3.63, 3.8) is 0 Å². The number of hydrogen-bond acceptors (Lipinski definition) is 3. The molecule has 0 saturated heterocycles. The highest BCUT2D eigenvalue weighted by Gasteiger charge is 2.20. The van der Waals surface area contributed by atoms with Crippen molar-refractivity contribution in [2.24, 2.45) is 0 Å². The summed E-state index contributed by atoms with van der Waals surface area (Å²) in [5.41, 5.74) is 2.50. The Kier molecular flexibility index (Phi) is 3.11. The Balaban J connectivity index is 2.24. The molecule has 15 heavy (non-hydrogen) atoms. The van der Waals surface area contributed by atoms with Gasteiger partial charge in [0, 0.05) is 5.56 Å². The second kappa shape index (κ2) is 4.53. The maximum absolute atomic E-state index is 5.37. The Morgan fingerprint density at radius 1 is 1.47 bits per heavy atom. The van der Waals surface area contributed by atoms with Gasteiger partial charge in [-0.3, -0.25) is 0 Å². The van der Waals surface area contributed by atoms with Crippen LogP contribution in [0, 0.1) is 6.92 Å². The lowest BCUT2D eigenvalue weighted by atomic mass is 9.96. The van der Waals surface area contributed by atoms with Gasteiger partial charge in [-0.15, -0.1) is 0 Å². The average Bonchev–Trinajstić information content (AvgIpc) is 2.68. The molecule has 0 amide bonds. The molecule has 1 aromatic rings. The Morgan fingerprint density at radius 2 is 2.33 bits per heavy atom. The summed E-state index contributed by atoms with van der Waals surface area (Å²) >= 11 is 0. The summed E-state index contributed by atoms with van der Waals surface area (Å²) in [5.74, 6) is 0.973. The van der Waals surface area contributed by atoms with Gasteiger partial charge >= 0.3 is 0 Å². The minimum Gasteiger partial charge on any atom is -0.501 e. The highest BCUT2D eigenvalue weighted by molar-refractivity contribution is 5.29. The third-order valence-corrected chi connectivity index (χ3v) is 2.83. The van der Waals surface area contributed by atoms with E-state index in [1.54, 1.807) is 6.26 Å². The highest BCUT2D eigenvalue weighted by Crippen LogP contribution is 2.29. The molecule has 0 bridgehead atoms. The van der Waals surface area contributed by atoms with E-state index in [1.807, 2.05) is 26.3 Å². The van der Waals surface area contributed by atoms with Gasteiger partial charge in [0.15, 0.2) is 0 Å². The second-order valence-electron chi connectivity index (χ2n) is 3.82. The summed E-state index contributed by atoms with van der Waals surface area (Å²) in [4.78, 5) is 0. The van der Waals surface area contributed by atoms with E-state index in [4.69, 9.17) is 9.15 Å². The van der Waals surface area contributed by atoms with Crippen LogP contribution in [0.5, 0.6) is 0 Å². The van der Waals surface area contributed by atoms with E-state index in [2.05, 4.69) is 5.32 Å². The van der Waals surface area contributed by atoms with E-state index in [-0.39, 0.29) is 6.04 Å². The minimum absolute atomic E-state index is 0.226. The standard InChI is InChI=1S/C12H17NO2/c1-9-11(5-7-15-9)12(13-2)10-4-3-6-14-8-10/h5,7-8,12-13H,3-4,6H2,1-2H3. The molecule has 3 heteroatoms. The molecule has 1 unspecified atom stereocenters. The van der Waals surface area contributed by atoms with Crippen LogP contribution >= 0.6 is 0 Å². The molecule has 3 nitrogen and oxygen atoms in total. The van der Waals surface area contributed by atoms with Gasteiger partial charge in [-0.1, -0.05) is 0 Å². The molecular weight excluding hydrogens is 190 g/mol. The first-order valence-electron chi connectivity index (χ1n) is 5.34. The number of aryl methyl sites for hydroxylation is 1. The molecule has 0 spiro atoms. The van der Waals surface area contributed by atoms with E-state index >= 15 is 0 Å². The van der Waals surface area contributed by atoms with Crippen molar-refractivity contribution in [2.75, 3.05) is 13.7 Å². The van der Waals surface area contributed by atoms with E-state index in [9.17, 15) is 0 Å². The normalized spacial score (nSPS) is 18.1. The summed E-state index contributed by atoms with van der Waals surface area (Å²) in [6.45, 7) is 2.83. The summed E-state index contributed by atoms with van der Waals surface area (Å²) < 4.78 is 10.7. The van der Waals surface area contributed by atoms with Gasteiger partial charge < -0.3 is 14.5 Å². The SMILES string of the molecule is CNC(C1=COCCC1)c1ccoc1C. The lowest BCUT2D eigenvalue weighted by Crippen LogP contribution is -2.21. The van der Waals surface area contributed by atoms with Crippen LogP contribution in [-0.2, 0) is 4.74 Å². The molecule has 1 aliphatic heterocycles. The zero-order chi connectivity index (χ0) is 10.7. The quantitative estimate of drug-likeness (QED) is 0.827. The summed E-state index contributed by atoms with van der Waals surface area (Å²) in [6, 6.07) is 2.25. The molecule has 0 fully saturated rings. The van der Waals surface area contributed by atoms with Gasteiger partial charge in [0.1, 0.15) is 5.76 Å². The second-order valence-corrected chi connectivity index (χ2v) is 3.82. The van der Waals surface area contributed by atoms with Crippen molar-refractivity contribution in [3.05, 3.63) is 35.5 Å². The van der Waals surface area contributed by atoms with E-state index in [0.717, 1.165) is 25.2 Å². The summed E-state index contributed by atoms with van der Waals surface area (Å²) in [6.07, 6.45) is 5.81. The maximum Gasteiger partial charge on any atom is 0.105 e. The molecule has 2 heterocycles. The molecule has 1 N–H and O–H groups in total. The van der Waals surface area contributed by atoms with Crippen LogP contribution in [0.3, 0.4) is 0 Å². The van der Waals surface area contributed by atoms with Crippen molar-refractivity contribution in [1.29, 1.82) is 0 Å². The van der Waals surface area contributed by atoms with Crippen LogP contribution in [-0.4, -0.2) is 13.7 Å². The highest BCUT2D eigenvalue weighted by atomic mass is 16.5. The fourth-order valence-electron chi connectivity index (χ4n) is 2.03. The third-order valence-electron chi connectivity index (χ3n) is 2.83. The lowest BCUT2D eigenvalue weighted by molar-refractivity contribution is 0.220. The van der Waals surface area contributed by atoms with Gasteiger partial charge in [-0.05, 0) is 38.5 Å². The summed E-state index contributed by atoms with van der Waals surface area (Å²) in [5, 5.41) is 3.31. The number of furan rings is 1. The Hall–Kier alpha value is -1.22. The number of nitrogens with one attached hydrogen (secondary N) is 1. The first kappa shape index (κ1) is 10.3. The van der Waals surface area contributed by atoms with Crippen LogP contribution in [0.4, 0.5) is 0 Å². The van der Waals surface area contributed by atoms with Crippen LogP contribution < -0.4 is 5.32 Å². The van der Waals surface area contributed by atoms with Crippen LogP contribution in [0.2, 0.25) is 0 Å². The Morgan fingerprint density at radius 3 is 2.87 bits per heavy atom. The molecule has 0 aromatic carbocycles. The molecule has 0 aliphatic carbocycles. The van der Waals surface area contributed by atoms with Crippen molar-refractivity contribution in [1.82, 2.24) is 5.32 Å². The fourth-order valence-corrected chi connectivity index (χ4v) is 2.03. The lowest BCUT2D eigenvalue weighted by Gasteiger charge is -2.22. The van der Waals surface area contributed by atoms with Gasteiger partial charge in [0.05, 0.1) is 25.2 Å². The van der Waals surface area contributed by atoms with Crippen molar-refractivity contribution in [2.45, 2.75) is 25.8 Å². The molecular formula is C12H17NO2. The Bertz CT molecular complexity index is 354. The van der Waals surface area contributed by atoms with Crippen molar-refractivity contribution in [3.8, 4) is 0 Å². The van der Waals surface area contributed by atoms with Gasteiger partial charge in [0.2, 0.25) is 0 Å². The molecule has 0 radical (unpaired) electrons. The number of likely N-dealkylation sites (N-methyl/N-ethyl adjacent to an activating group) is 1. The monoisotopic (exact) mass is 207 g/mol. The predicted octanol–water partition coefficient (Wildman–Crippen LogP) is 2.54. The van der Waals surface area contributed by atoms with Gasteiger partial charge in [-0.25, -0.2) is 0 Å². The smallest absolute Gasteiger partial charge is 0.105 e. The minimum atomic E-state index is 0.226. The zero-order valence-corrected chi connectivity index (χ0v) is 9.25.